The predicted molar refractivity (Wildman–Crippen MR) is 98.5 cm³/mol. The molecule has 6 nitrogen and oxygen atoms in total. The molecule has 1 unspecified atom stereocenters. The van der Waals surface area contributed by atoms with Crippen molar-refractivity contribution in [3.05, 3.63) is 51.9 Å². The Hall–Kier alpha value is -2.12. The molecular formula is C18H21BrN2O4. The minimum atomic E-state index is -0.435. The second-order valence-corrected chi connectivity index (χ2v) is 6.68. The fourth-order valence-corrected chi connectivity index (χ4v) is 2.73. The van der Waals surface area contributed by atoms with Crippen LogP contribution in [0.3, 0.4) is 0 Å². The number of carbonyl (C=O) groups is 2. The third-order valence-corrected chi connectivity index (χ3v) is 4.41. The van der Waals surface area contributed by atoms with Crippen LogP contribution >= 0.6 is 15.9 Å². The smallest absolute Gasteiger partial charge is 0.341 e. The van der Waals surface area contributed by atoms with E-state index in [0.717, 1.165) is 10.2 Å². The van der Waals surface area contributed by atoms with Gasteiger partial charge in [0, 0.05) is 10.2 Å². The highest BCUT2D eigenvalue weighted by atomic mass is 79.9. The highest BCUT2D eigenvalue weighted by molar-refractivity contribution is 9.10. The summed E-state index contributed by atoms with van der Waals surface area (Å²) in [5.74, 6) is 0.539. The lowest BCUT2D eigenvalue weighted by Gasteiger charge is -2.22. The minimum Gasteiger partial charge on any atom is -0.465 e. The van der Waals surface area contributed by atoms with Crippen LogP contribution in [0.25, 0.3) is 0 Å². The van der Waals surface area contributed by atoms with Crippen molar-refractivity contribution in [1.29, 1.82) is 0 Å². The summed E-state index contributed by atoms with van der Waals surface area (Å²) in [7, 11) is 3.15. The number of anilines is 1. The van der Waals surface area contributed by atoms with Gasteiger partial charge in [0.15, 0.2) is 0 Å². The van der Waals surface area contributed by atoms with Crippen molar-refractivity contribution in [2.45, 2.75) is 26.4 Å². The molecule has 1 aromatic carbocycles. The maximum atomic E-state index is 12.4. The van der Waals surface area contributed by atoms with Crippen LogP contribution in [-0.4, -0.2) is 37.0 Å². The van der Waals surface area contributed by atoms with Crippen LogP contribution in [0.1, 0.15) is 28.8 Å². The molecule has 2 rings (SSSR count). The topological polar surface area (TPSA) is 71.8 Å². The third kappa shape index (κ3) is 4.93. The molecule has 0 aliphatic carbocycles. The second-order valence-electron chi connectivity index (χ2n) is 5.76. The second kappa shape index (κ2) is 8.31. The van der Waals surface area contributed by atoms with E-state index in [9.17, 15) is 9.59 Å². The molecule has 25 heavy (non-hydrogen) atoms. The molecule has 0 saturated heterocycles. The molecule has 0 radical (unpaired) electrons. The Morgan fingerprint density at radius 3 is 2.72 bits per heavy atom. The van der Waals surface area contributed by atoms with Crippen LogP contribution in [0.2, 0.25) is 0 Å². The standard InChI is InChI=1S/C18H21BrN2O4/c1-11(17(22)20-14-7-5-6-13(19)8-14)21(3)10-15-9-16(12(2)25-15)18(23)24-4/h5-9,11H,10H2,1-4H3,(H,20,22). The van der Waals surface area contributed by atoms with E-state index in [-0.39, 0.29) is 11.9 Å². The number of halogens is 1. The number of rotatable bonds is 6. The Labute approximate surface area is 155 Å². The number of furan rings is 1. The van der Waals surface area contributed by atoms with Gasteiger partial charge >= 0.3 is 5.97 Å². The lowest BCUT2D eigenvalue weighted by atomic mass is 10.2. The Morgan fingerprint density at radius 1 is 1.36 bits per heavy atom. The highest BCUT2D eigenvalue weighted by Gasteiger charge is 2.21. The van der Waals surface area contributed by atoms with Gasteiger partial charge in [-0.3, -0.25) is 9.69 Å². The summed E-state index contributed by atoms with van der Waals surface area (Å²) in [6, 6.07) is 8.68. The number of benzene rings is 1. The van der Waals surface area contributed by atoms with Gasteiger partial charge in [-0.1, -0.05) is 22.0 Å². The van der Waals surface area contributed by atoms with Gasteiger partial charge in [-0.15, -0.1) is 0 Å². The van der Waals surface area contributed by atoms with Gasteiger partial charge in [0.05, 0.1) is 19.7 Å². The number of methoxy groups -OCH3 is 1. The largest absolute Gasteiger partial charge is 0.465 e. The summed E-state index contributed by atoms with van der Waals surface area (Å²) < 4.78 is 11.2. The molecule has 1 aromatic heterocycles. The molecule has 134 valence electrons. The first-order chi connectivity index (χ1) is 11.8. The number of hydrogen-bond donors (Lipinski definition) is 1. The number of aryl methyl sites for hydroxylation is 1. The summed E-state index contributed by atoms with van der Waals surface area (Å²) in [5, 5.41) is 2.88. The van der Waals surface area contributed by atoms with Gasteiger partial charge in [0.25, 0.3) is 0 Å². The lowest BCUT2D eigenvalue weighted by molar-refractivity contribution is -0.120. The summed E-state index contributed by atoms with van der Waals surface area (Å²) >= 11 is 3.38. The summed E-state index contributed by atoms with van der Waals surface area (Å²) in [5.41, 5.74) is 1.12. The van der Waals surface area contributed by atoms with Gasteiger partial charge in [-0.05, 0) is 45.2 Å². The number of esters is 1. The predicted octanol–water partition coefficient (Wildman–Crippen LogP) is 3.60. The molecule has 1 N–H and O–H groups in total. The van der Waals surface area contributed by atoms with Crippen molar-refractivity contribution in [2.75, 3.05) is 19.5 Å². The van der Waals surface area contributed by atoms with Crippen molar-refractivity contribution in [2.24, 2.45) is 0 Å². The normalized spacial score (nSPS) is 12.1. The summed E-state index contributed by atoms with van der Waals surface area (Å²) in [6.07, 6.45) is 0. The number of amides is 1. The van der Waals surface area contributed by atoms with Gasteiger partial charge < -0.3 is 14.5 Å². The van der Waals surface area contributed by atoms with Gasteiger partial charge in [0.1, 0.15) is 17.1 Å². The van der Waals surface area contributed by atoms with Crippen molar-refractivity contribution in [3.63, 3.8) is 0 Å². The molecule has 1 atom stereocenters. The number of likely N-dealkylation sites (N-methyl/N-ethyl adjacent to an activating group) is 1. The average Bonchev–Trinajstić information content (AvgIpc) is 2.93. The van der Waals surface area contributed by atoms with E-state index in [0.29, 0.717) is 23.6 Å². The van der Waals surface area contributed by atoms with Crippen LogP contribution in [0.15, 0.2) is 39.2 Å². The van der Waals surface area contributed by atoms with Crippen LogP contribution in [0.4, 0.5) is 5.69 Å². The molecule has 0 saturated carbocycles. The van der Waals surface area contributed by atoms with Crippen LogP contribution in [0.5, 0.6) is 0 Å². The monoisotopic (exact) mass is 408 g/mol. The summed E-state index contributed by atoms with van der Waals surface area (Å²) in [6.45, 7) is 3.91. The van der Waals surface area contributed by atoms with E-state index in [1.54, 1.807) is 13.0 Å². The fraction of sp³-hybridized carbons (Fsp3) is 0.333. The molecule has 2 aromatic rings. The minimum absolute atomic E-state index is 0.128. The number of nitrogens with one attached hydrogen (secondary N) is 1. The maximum Gasteiger partial charge on any atom is 0.341 e. The number of carbonyl (C=O) groups excluding carboxylic acids is 2. The first kappa shape index (κ1) is 19.2. The van der Waals surface area contributed by atoms with E-state index in [2.05, 4.69) is 21.2 Å². The van der Waals surface area contributed by atoms with E-state index in [1.807, 2.05) is 43.1 Å². The average molecular weight is 409 g/mol. The highest BCUT2D eigenvalue weighted by Crippen LogP contribution is 2.19. The van der Waals surface area contributed by atoms with E-state index < -0.39 is 5.97 Å². The SMILES string of the molecule is COC(=O)c1cc(CN(C)C(C)C(=O)Nc2cccc(Br)c2)oc1C. The number of hydrogen-bond acceptors (Lipinski definition) is 5. The molecule has 0 spiro atoms. The molecule has 0 aliphatic rings. The molecule has 0 fully saturated rings. The van der Waals surface area contributed by atoms with Crippen molar-refractivity contribution in [3.8, 4) is 0 Å². The van der Waals surface area contributed by atoms with Crippen LogP contribution in [-0.2, 0) is 16.1 Å². The Kier molecular flexibility index (Phi) is 6.39. The summed E-state index contributed by atoms with van der Waals surface area (Å²) in [4.78, 5) is 25.9. The first-order valence-electron chi connectivity index (χ1n) is 7.76. The zero-order chi connectivity index (χ0) is 18.6. The molecule has 0 bridgehead atoms. The molecule has 7 heteroatoms. The quantitative estimate of drug-likeness (QED) is 0.739. The van der Waals surface area contributed by atoms with Crippen molar-refractivity contribution < 1.29 is 18.7 Å². The zero-order valence-electron chi connectivity index (χ0n) is 14.6. The maximum absolute atomic E-state index is 12.4. The Bertz CT molecular complexity index is 772. The van der Waals surface area contributed by atoms with Crippen molar-refractivity contribution >= 4 is 33.5 Å². The van der Waals surface area contributed by atoms with Gasteiger partial charge in [-0.25, -0.2) is 4.79 Å². The lowest BCUT2D eigenvalue weighted by Crippen LogP contribution is -2.39. The number of nitrogens with zero attached hydrogens (tertiary/aromatic N) is 1. The van der Waals surface area contributed by atoms with Gasteiger partial charge in [-0.2, -0.15) is 0 Å². The van der Waals surface area contributed by atoms with Gasteiger partial charge in [0.2, 0.25) is 5.91 Å². The van der Waals surface area contributed by atoms with E-state index >= 15 is 0 Å². The molecule has 1 amide bonds. The van der Waals surface area contributed by atoms with E-state index in [4.69, 9.17) is 9.15 Å². The first-order valence-corrected chi connectivity index (χ1v) is 8.55. The van der Waals surface area contributed by atoms with Crippen LogP contribution in [0, 0.1) is 6.92 Å². The van der Waals surface area contributed by atoms with Crippen molar-refractivity contribution in [1.82, 2.24) is 4.90 Å². The number of ether oxygens (including phenoxy) is 1. The Balaban J connectivity index is 2.01. The molecular weight excluding hydrogens is 388 g/mol. The third-order valence-electron chi connectivity index (χ3n) is 3.91. The van der Waals surface area contributed by atoms with Crippen LogP contribution < -0.4 is 5.32 Å². The van der Waals surface area contributed by atoms with E-state index in [1.165, 1.54) is 7.11 Å². The fourth-order valence-electron chi connectivity index (χ4n) is 2.33. The molecule has 0 aliphatic heterocycles. The Morgan fingerprint density at radius 2 is 2.08 bits per heavy atom. The molecule has 1 heterocycles. The zero-order valence-corrected chi connectivity index (χ0v) is 16.2.